The first-order valence-corrected chi connectivity index (χ1v) is 5.92. The summed E-state index contributed by atoms with van der Waals surface area (Å²) < 4.78 is 14.5. The summed E-state index contributed by atoms with van der Waals surface area (Å²) in [5.74, 6) is -0.410. The lowest BCUT2D eigenvalue weighted by Gasteiger charge is -2.12. The van der Waals surface area contributed by atoms with Crippen molar-refractivity contribution in [2.24, 2.45) is 5.73 Å². The monoisotopic (exact) mass is 318 g/mol. The van der Waals surface area contributed by atoms with E-state index in [0.717, 1.165) is 0 Å². The van der Waals surface area contributed by atoms with Crippen LogP contribution >= 0.6 is 12.4 Å². The van der Waals surface area contributed by atoms with Gasteiger partial charge in [0.15, 0.2) is 6.61 Å². The van der Waals surface area contributed by atoms with Crippen molar-refractivity contribution in [1.29, 1.82) is 0 Å². The summed E-state index contributed by atoms with van der Waals surface area (Å²) in [6.07, 6.45) is 0. The number of hydrogen-bond acceptors (Lipinski definition) is 6. The molecule has 0 aromatic heterocycles. The number of carbonyl (C=O) groups excluding carboxylic acids is 2. The van der Waals surface area contributed by atoms with Crippen molar-refractivity contribution in [1.82, 2.24) is 0 Å². The number of amides is 1. The van der Waals surface area contributed by atoms with Crippen LogP contribution in [0.5, 0.6) is 5.75 Å². The van der Waals surface area contributed by atoms with Crippen LogP contribution in [-0.2, 0) is 19.1 Å². The minimum atomic E-state index is -0.750. The molecule has 0 aliphatic heterocycles. The third-order valence-corrected chi connectivity index (χ3v) is 2.37. The average molecular weight is 319 g/mol. The highest BCUT2D eigenvalue weighted by Gasteiger charge is 2.13. The molecule has 0 fully saturated rings. The molecule has 0 aliphatic carbocycles. The SMILES string of the molecule is COCC(N)C(=O)Nc1cccc(OCC(=O)OC)c1.Cl. The maximum atomic E-state index is 11.7. The van der Waals surface area contributed by atoms with E-state index in [4.69, 9.17) is 15.2 Å². The molecule has 1 rings (SSSR count). The van der Waals surface area contributed by atoms with E-state index in [1.54, 1.807) is 24.3 Å². The van der Waals surface area contributed by atoms with Gasteiger partial charge in [0.2, 0.25) is 5.91 Å². The van der Waals surface area contributed by atoms with Gasteiger partial charge in [-0.2, -0.15) is 0 Å². The van der Waals surface area contributed by atoms with E-state index in [2.05, 4.69) is 10.1 Å². The fourth-order valence-corrected chi connectivity index (χ4v) is 1.36. The van der Waals surface area contributed by atoms with E-state index in [1.807, 2.05) is 0 Å². The minimum Gasteiger partial charge on any atom is -0.482 e. The maximum Gasteiger partial charge on any atom is 0.343 e. The summed E-state index contributed by atoms with van der Waals surface area (Å²) in [6, 6.07) is 5.86. The van der Waals surface area contributed by atoms with Gasteiger partial charge in [-0.3, -0.25) is 4.79 Å². The average Bonchev–Trinajstić information content (AvgIpc) is 2.45. The van der Waals surface area contributed by atoms with Gasteiger partial charge in [0.05, 0.1) is 13.7 Å². The number of methoxy groups -OCH3 is 2. The number of benzene rings is 1. The molecule has 0 heterocycles. The minimum absolute atomic E-state index is 0. The first kappa shape index (κ1) is 19.2. The van der Waals surface area contributed by atoms with Crippen LogP contribution in [0.15, 0.2) is 24.3 Å². The molecule has 8 heteroatoms. The number of halogens is 1. The van der Waals surface area contributed by atoms with Crippen molar-refractivity contribution in [3.8, 4) is 5.75 Å². The van der Waals surface area contributed by atoms with Gasteiger partial charge in [-0.1, -0.05) is 6.07 Å². The fraction of sp³-hybridized carbons (Fsp3) is 0.385. The summed E-state index contributed by atoms with van der Waals surface area (Å²) in [6.45, 7) is -0.0680. The first-order chi connectivity index (χ1) is 9.56. The molecule has 1 atom stereocenters. The Kier molecular flexibility index (Phi) is 9.11. The molecule has 0 spiro atoms. The molecule has 0 radical (unpaired) electrons. The summed E-state index contributed by atoms with van der Waals surface area (Å²) in [5.41, 5.74) is 6.12. The van der Waals surface area contributed by atoms with Gasteiger partial charge >= 0.3 is 5.97 Å². The Balaban J connectivity index is 0.00000400. The van der Waals surface area contributed by atoms with Gasteiger partial charge in [0.1, 0.15) is 11.8 Å². The van der Waals surface area contributed by atoms with Crippen molar-refractivity contribution in [2.45, 2.75) is 6.04 Å². The van der Waals surface area contributed by atoms with Crippen molar-refractivity contribution < 1.29 is 23.8 Å². The van der Waals surface area contributed by atoms with Gasteiger partial charge in [-0.15, -0.1) is 12.4 Å². The van der Waals surface area contributed by atoms with Gasteiger partial charge in [-0.05, 0) is 12.1 Å². The number of rotatable bonds is 7. The lowest BCUT2D eigenvalue weighted by Crippen LogP contribution is -2.39. The second-order valence-corrected chi connectivity index (χ2v) is 3.94. The maximum absolute atomic E-state index is 11.7. The van der Waals surface area contributed by atoms with Crippen molar-refractivity contribution in [3.63, 3.8) is 0 Å². The molecule has 118 valence electrons. The van der Waals surface area contributed by atoms with Crippen LogP contribution in [0.1, 0.15) is 0 Å². The summed E-state index contributed by atoms with van der Waals surface area (Å²) in [4.78, 5) is 22.7. The number of anilines is 1. The summed E-state index contributed by atoms with van der Waals surface area (Å²) in [7, 11) is 2.74. The van der Waals surface area contributed by atoms with Crippen LogP contribution in [0.3, 0.4) is 0 Å². The quantitative estimate of drug-likeness (QED) is 0.713. The molecular weight excluding hydrogens is 300 g/mol. The molecule has 1 amide bonds. The molecule has 21 heavy (non-hydrogen) atoms. The lowest BCUT2D eigenvalue weighted by atomic mass is 10.2. The second kappa shape index (κ2) is 9.98. The zero-order chi connectivity index (χ0) is 15.0. The van der Waals surface area contributed by atoms with Crippen LogP contribution in [0.25, 0.3) is 0 Å². The number of nitrogens with one attached hydrogen (secondary N) is 1. The highest BCUT2D eigenvalue weighted by atomic mass is 35.5. The lowest BCUT2D eigenvalue weighted by molar-refractivity contribution is -0.142. The molecule has 0 saturated carbocycles. The number of carbonyl (C=O) groups is 2. The predicted octanol–water partition coefficient (Wildman–Crippen LogP) is 0.572. The number of nitrogens with two attached hydrogens (primary N) is 1. The number of hydrogen-bond donors (Lipinski definition) is 2. The Labute approximate surface area is 129 Å². The van der Waals surface area contributed by atoms with Gasteiger partial charge in [0.25, 0.3) is 0 Å². The summed E-state index contributed by atoms with van der Waals surface area (Å²) in [5, 5.41) is 2.63. The Hall–Kier alpha value is -1.83. The zero-order valence-corrected chi connectivity index (χ0v) is 12.6. The van der Waals surface area contributed by atoms with Crippen LogP contribution < -0.4 is 15.8 Å². The van der Waals surface area contributed by atoms with Crippen LogP contribution in [-0.4, -0.2) is 45.4 Å². The molecule has 1 unspecified atom stereocenters. The molecule has 0 saturated heterocycles. The molecule has 7 nitrogen and oxygen atoms in total. The van der Waals surface area contributed by atoms with Crippen LogP contribution in [0.2, 0.25) is 0 Å². The third kappa shape index (κ3) is 6.94. The smallest absolute Gasteiger partial charge is 0.343 e. The Morgan fingerprint density at radius 3 is 2.67 bits per heavy atom. The van der Waals surface area contributed by atoms with Crippen LogP contribution in [0, 0.1) is 0 Å². The normalized spacial score (nSPS) is 11.0. The van der Waals surface area contributed by atoms with Crippen molar-refractivity contribution in [2.75, 3.05) is 32.8 Å². The molecule has 1 aromatic carbocycles. The van der Waals surface area contributed by atoms with E-state index in [0.29, 0.717) is 11.4 Å². The first-order valence-electron chi connectivity index (χ1n) is 5.92. The third-order valence-electron chi connectivity index (χ3n) is 2.37. The Morgan fingerprint density at radius 1 is 1.33 bits per heavy atom. The Bertz CT molecular complexity index is 470. The van der Waals surface area contributed by atoms with Gasteiger partial charge in [-0.25, -0.2) is 4.79 Å². The molecule has 0 aliphatic rings. The van der Waals surface area contributed by atoms with Crippen molar-refractivity contribution in [3.05, 3.63) is 24.3 Å². The number of ether oxygens (including phenoxy) is 3. The van der Waals surface area contributed by atoms with E-state index >= 15 is 0 Å². The predicted molar refractivity (Wildman–Crippen MR) is 79.7 cm³/mol. The number of esters is 1. The topological polar surface area (TPSA) is 99.9 Å². The van der Waals surface area contributed by atoms with Gasteiger partial charge in [0, 0.05) is 18.9 Å². The van der Waals surface area contributed by atoms with E-state index < -0.39 is 12.0 Å². The standard InChI is InChI=1S/C13H18N2O5.ClH/c1-18-7-11(14)13(17)15-9-4-3-5-10(6-9)20-8-12(16)19-2;/h3-6,11H,7-8,14H2,1-2H3,(H,15,17);1H. The van der Waals surface area contributed by atoms with Crippen molar-refractivity contribution >= 4 is 30.0 Å². The second-order valence-electron chi connectivity index (χ2n) is 3.94. The van der Waals surface area contributed by atoms with Gasteiger partial charge < -0.3 is 25.3 Å². The largest absolute Gasteiger partial charge is 0.482 e. The molecule has 1 aromatic rings. The highest BCUT2D eigenvalue weighted by molar-refractivity contribution is 5.94. The molecular formula is C13H19ClN2O5. The summed E-state index contributed by atoms with van der Waals surface area (Å²) >= 11 is 0. The fourth-order valence-electron chi connectivity index (χ4n) is 1.36. The Morgan fingerprint density at radius 2 is 2.05 bits per heavy atom. The van der Waals surface area contributed by atoms with E-state index in [1.165, 1.54) is 14.2 Å². The van der Waals surface area contributed by atoms with E-state index in [9.17, 15) is 9.59 Å². The molecule has 0 bridgehead atoms. The molecule has 3 N–H and O–H groups in total. The van der Waals surface area contributed by atoms with Crippen LogP contribution in [0.4, 0.5) is 5.69 Å². The highest BCUT2D eigenvalue weighted by Crippen LogP contribution is 2.17. The van der Waals surface area contributed by atoms with E-state index in [-0.39, 0.29) is 31.5 Å². The zero-order valence-electron chi connectivity index (χ0n) is 11.8.